The molecule has 6 aliphatic rings. The molecule has 3 saturated heterocycles. The van der Waals surface area contributed by atoms with Crippen molar-refractivity contribution in [1.82, 2.24) is 20.0 Å². The van der Waals surface area contributed by atoms with Gasteiger partial charge in [-0.2, -0.15) is 0 Å². The number of likely N-dealkylation sites (tertiary alicyclic amines) is 1. The minimum Gasteiger partial charge on any atom is -0.369 e. The molecule has 3 aliphatic heterocycles. The molecule has 9 heteroatoms. The van der Waals surface area contributed by atoms with Crippen LogP contribution in [-0.2, 0) is 23.9 Å². The van der Waals surface area contributed by atoms with Crippen LogP contribution >= 0.6 is 0 Å². The fourth-order valence-corrected chi connectivity index (χ4v) is 6.83. The van der Waals surface area contributed by atoms with E-state index in [-0.39, 0.29) is 42.1 Å². The van der Waals surface area contributed by atoms with E-state index in [2.05, 4.69) is 28.4 Å². The third kappa shape index (κ3) is 6.16. The number of carbonyl (C=O) groups is 4. The summed E-state index contributed by atoms with van der Waals surface area (Å²) in [5, 5.41) is 2.36. The smallest absolute Gasteiger partial charge is 0.250 e. The lowest BCUT2D eigenvalue weighted by Crippen LogP contribution is -2.53. The number of fused-ring (bicyclic) bond motifs is 1. The maximum Gasteiger partial charge on any atom is 0.250 e. The average molecular weight is 561 g/mol. The lowest BCUT2D eigenvalue weighted by Gasteiger charge is -2.36. The Morgan fingerprint density at radius 1 is 0.951 bits per heavy atom. The van der Waals surface area contributed by atoms with Gasteiger partial charge in [-0.1, -0.05) is 42.0 Å². The number of amides is 4. The van der Waals surface area contributed by atoms with E-state index in [1.54, 1.807) is 4.90 Å². The lowest BCUT2D eigenvalue weighted by atomic mass is 9.91. The second kappa shape index (κ2) is 12.3. The Bertz CT molecular complexity index is 1250. The summed E-state index contributed by atoms with van der Waals surface area (Å²) >= 11 is 0. The predicted octanol–water partition coefficient (Wildman–Crippen LogP) is 2.42. The van der Waals surface area contributed by atoms with Crippen LogP contribution < -0.4 is 5.32 Å². The second-order valence-corrected chi connectivity index (χ2v) is 12.0. The van der Waals surface area contributed by atoms with Gasteiger partial charge in [0.15, 0.2) is 0 Å². The molecule has 3 atom stereocenters. The molecule has 218 valence electrons. The maximum atomic E-state index is 13.1. The largest absolute Gasteiger partial charge is 0.369 e. The highest BCUT2D eigenvalue weighted by molar-refractivity contribution is 6.05. The zero-order valence-electron chi connectivity index (χ0n) is 23.7. The standard InChI is InChI=1S/C32H40N4O5/c37-29-14-13-27(30(38)33-29)36-20-26-25(32(36)40)7-4-8-28(26)41-21-23-11-9-22(10-12-23)19-34-15-17-35(18-16-34)31(39)24-5-2-1-3-6-24/h4-5,7-9,11,26-28H,1-3,6,10,12-21H2,(H,33,37,38). The zero-order chi connectivity index (χ0) is 28.3. The predicted molar refractivity (Wildman–Crippen MR) is 153 cm³/mol. The van der Waals surface area contributed by atoms with E-state index in [0.717, 1.165) is 70.4 Å². The molecule has 3 heterocycles. The van der Waals surface area contributed by atoms with E-state index < -0.39 is 6.04 Å². The van der Waals surface area contributed by atoms with Gasteiger partial charge in [-0.25, -0.2) is 0 Å². The number of ether oxygens (including phenoxy) is 1. The van der Waals surface area contributed by atoms with Crippen molar-refractivity contribution in [2.24, 2.45) is 5.92 Å². The minimum atomic E-state index is -0.602. The number of hydrogen-bond acceptors (Lipinski definition) is 6. The van der Waals surface area contributed by atoms with Crippen LogP contribution in [0.4, 0.5) is 0 Å². The first-order valence-electron chi connectivity index (χ1n) is 15.2. The fraction of sp³-hybridized carbons (Fsp3) is 0.562. The van der Waals surface area contributed by atoms with Crippen molar-refractivity contribution < 1.29 is 23.9 Å². The molecule has 3 fully saturated rings. The molecular formula is C32H40N4O5. The molecular weight excluding hydrogens is 520 g/mol. The molecule has 0 aromatic heterocycles. The van der Waals surface area contributed by atoms with E-state index >= 15 is 0 Å². The molecule has 4 amide bonds. The van der Waals surface area contributed by atoms with Crippen molar-refractivity contribution in [3.63, 3.8) is 0 Å². The van der Waals surface area contributed by atoms with E-state index in [1.807, 2.05) is 23.1 Å². The Hall–Kier alpha value is -3.30. The number of allylic oxidation sites excluding steroid dienone is 5. The number of piperazine rings is 1. The molecule has 0 saturated carbocycles. The summed E-state index contributed by atoms with van der Waals surface area (Å²) in [5.74, 6) is -0.676. The van der Waals surface area contributed by atoms with Crippen molar-refractivity contribution in [3.8, 4) is 0 Å². The Kier molecular flexibility index (Phi) is 8.35. The molecule has 41 heavy (non-hydrogen) atoms. The van der Waals surface area contributed by atoms with Crippen molar-refractivity contribution in [2.45, 2.75) is 63.5 Å². The third-order valence-corrected chi connectivity index (χ3v) is 9.30. The first kappa shape index (κ1) is 27.8. The number of hydrogen-bond donors (Lipinski definition) is 1. The fourth-order valence-electron chi connectivity index (χ4n) is 6.83. The SMILES string of the molecule is O=C1CCC(N2CC3C(=CC=CC3OCC3=CC=C(CN4CCN(C(=O)C5=CCCCC5)CC4)CC3)C2=O)C(=O)N1. The molecule has 3 aliphatic carbocycles. The van der Waals surface area contributed by atoms with E-state index in [1.165, 1.54) is 17.6 Å². The van der Waals surface area contributed by atoms with Crippen LogP contribution in [0.5, 0.6) is 0 Å². The maximum absolute atomic E-state index is 13.1. The second-order valence-electron chi connectivity index (χ2n) is 12.0. The van der Waals surface area contributed by atoms with Gasteiger partial charge in [0.05, 0.1) is 12.7 Å². The number of rotatable bonds is 7. The molecule has 9 nitrogen and oxygen atoms in total. The van der Waals surface area contributed by atoms with Gasteiger partial charge in [0, 0.05) is 62.8 Å². The highest BCUT2D eigenvalue weighted by Gasteiger charge is 2.46. The van der Waals surface area contributed by atoms with Gasteiger partial charge in [0.25, 0.3) is 5.91 Å². The van der Waals surface area contributed by atoms with Crippen LogP contribution in [0.25, 0.3) is 0 Å². The van der Waals surface area contributed by atoms with Gasteiger partial charge in [-0.15, -0.1) is 0 Å². The number of nitrogens with one attached hydrogen (secondary N) is 1. The molecule has 0 aromatic rings. The summed E-state index contributed by atoms with van der Waals surface area (Å²) < 4.78 is 6.32. The molecule has 3 unspecified atom stereocenters. The summed E-state index contributed by atoms with van der Waals surface area (Å²) in [6.07, 6.45) is 18.9. The number of nitrogens with zero attached hydrogens (tertiary/aromatic N) is 3. The van der Waals surface area contributed by atoms with Crippen LogP contribution in [0.2, 0.25) is 0 Å². The Labute approximate surface area is 241 Å². The van der Waals surface area contributed by atoms with Gasteiger partial charge < -0.3 is 14.5 Å². The summed E-state index contributed by atoms with van der Waals surface area (Å²) in [5.41, 5.74) is 4.34. The van der Waals surface area contributed by atoms with Gasteiger partial charge in [0.2, 0.25) is 17.7 Å². The first-order chi connectivity index (χ1) is 20.0. The van der Waals surface area contributed by atoms with Gasteiger partial charge in [-0.3, -0.25) is 29.4 Å². The van der Waals surface area contributed by atoms with Gasteiger partial charge >= 0.3 is 0 Å². The Balaban J connectivity index is 0.974. The summed E-state index contributed by atoms with van der Waals surface area (Å²) in [4.78, 5) is 55.9. The highest BCUT2D eigenvalue weighted by Crippen LogP contribution is 2.35. The van der Waals surface area contributed by atoms with Crippen molar-refractivity contribution in [3.05, 3.63) is 58.7 Å². The lowest BCUT2D eigenvalue weighted by molar-refractivity contribution is -0.142. The van der Waals surface area contributed by atoms with Crippen LogP contribution in [0.15, 0.2) is 58.7 Å². The molecule has 0 aromatic carbocycles. The van der Waals surface area contributed by atoms with E-state index in [9.17, 15) is 19.2 Å². The third-order valence-electron chi connectivity index (χ3n) is 9.30. The Morgan fingerprint density at radius 3 is 2.49 bits per heavy atom. The highest BCUT2D eigenvalue weighted by atomic mass is 16.5. The summed E-state index contributed by atoms with van der Waals surface area (Å²) in [6.45, 7) is 5.29. The van der Waals surface area contributed by atoms with Gasteiger partial charge in [-0.05, 0) is 50.5 Å². The molecule has 0 bridgehead atoms. The van der Waals surface area contributed by atoms with E-state index in [0.29, 0.717) is 25.1 Å². The average Bonchev–Trinajstić information content (AvgIpc) is 3.34. The number of imide groups is 1. The molecule has 1 N–H and O–H groups in total. The van der Waals surface area contributed by atoms with Crippen molar-refractivity contribution in [1.29, 1.82) is 0 Å². The minimum absolute atomic E-state index is 0.117. The van der Waals surface area contributed by atoms with Crippen LogP contribution in [0.1, 0.15) is 51.4 Å². The van der Waals surface area contributed by atoms with Crippen LogP contribution in [0, 0.1) is 5.92 Å². The molecule has 6 rings (SSSR count). The number of piperidine rings is 1. The summed E-state index contributed by atoms with van der Waals surface area (Å²) in [7, 11) is 0. The zero-order valence-corrected chi connectivity index (χ0v) is 23.7. The van der Waals surface area contributed by atoms with Crippen LogP contribution in [-0.4, -0.2) is 96.3 Å². The summed E-state index contributed by atoms with van der Waals surface area (Å²) in [6, 6.07) is -0.602. The monoisotopic (exact) mass is 560 g/mol. The number of carbonyl (C=O) groups excluding carboxylic acids is 4. The quantitative estimate of drug-likeness (QED) is 0.481. The Morgan fingerprint density at radius 2 is 1.76 bits per heavy atom. The van der Waals surface area contributed by atoms with Crippen molar-refractivity contribution >= 4 is 23.6 Å². The first-order valence-corrected chi connectivity index (χ1v) is 15.2. The van der Waals surface area contributed by atoms with Gasteiger partial charge in [0.1, 0.15) is 6.04 Å². The molecule has 0 radical (unpaired) electrons. The van der Waals surface area contributed by atoms with Crippen LogP contribution in [0.3, 0.4) is 0 Å². The topological polar surface area (TPSA) is 99.3 Å². The van der Waals surface area contributed by atoms with Crippen molar-refractivity contribution in [2.75, 3.05) is 45.9 Å². The molecule has 0 spiro atoms. The van der Waals surface area contributed by atoms with E-state index in [4.69, 9.17) is 4.74 Å². The normalized spacial score (nSPS) is 29.0.